The first-order chi connectivity index (χ1) is 5.95. The summed E-state index contributed by atoms with van der Waals surface area (Å²) in [5.74, 6) is 0. The molecule has 2 heterocycles. The van der Waals surface area contributed by atoms with Gasteiger partial charge in [-0.05, 0) is 17.6 Å². The van der Waals surface area contributed by atoms with Gasteiger partial charge in [-0.15, -0.1) is 0 Å². The largest absolute Gasteiger partial charge is 0.298 e. The first kappa shape index (κ1) is 6.63. The van der Waals surface area contributed by atoms with Gasteiger partial charge in [0, 0.05) is 6.54 Å². The Labute approximate surface area is 72.0 Å². The Kier molecular flexibility index (Phi) is 1.28. The van der Waals surface area contributed by atoms with Crippen LogP contribution < -0.4 is 10.6 Å². The Morgan fingerprint density at radius 3 is 3.33 bits per heavy atom. The molecule has 62 valence electrons. The predicted molar refractivity (Wildman–Crippen MR) is 48.6 cm³/mol. The molecule has 2 unspecified atom stereocenters. The zero-order valence-electron chi connectivity index (χ0n) is 6.88. The number of rotatable bonds is 0. The maximum absolute atomic E-state index is 3.53. The average Bonchev–Trinajstić information content (AvgIpc) is 2.62. The van der Waals surface area contributed by atoms with Crippen molar-refractivity contribution in [2.75, 3.05) is 6.54 Å². The van der Waals surface area contributed by atoms with Gasteiger partial charge in [-0.1, -0.05) is 24.3 Å². The van der Waals surface area contributed by atoms with Crippen LogP contribution >= 0.6 is 0 Å². The second-order valence-electron chi connectivity index (χ2n) is 3.51. The molecule has 0 spiro atoms. The molecule has 1 saturated heterocycles. The highest BCUT2D eigenvalue weighted by atomic mass is 15.2. The van der Waals surface area contributed by atoms with Crippen molar-refractivity contribution in [2.45, 2.75) is 18.6 Å². The van der Waals surface area contributed by atoms with Crippen LogP contribution in [0.4, 0.5) is 0 Å². The predicted octanol–water partition coefficient (Wildman–Crippen LogP) is 0.700. The molecule has 2 aliphatic heterocycles. The molecule has 0 aromatic heterocycles. The quantitative estimate of drug-likeness (QED) is 0.545. The van der Waals surface area contributed by atoms with Gasteiger partial charge in [-0.25, -0.2) is 0 Å². The van der Waals surface area contributed by atoms with Gasteiger partial charge >= 0.3 is 0 Å². The summed E-state index contributed by atoms with van der Waals surface area (Å²) in [5.41, 5.74) is 3.06. The van der Waals surface area contributed by atoms with Gasteiger partial charge < -0.3 is 0 Å². The van der Waals surface area contributed by atoms with E-state index in [1.807, 2.05) is 0 Å². The van der Waals surface area contributed by atoms with Gasteiger partial charge in [-0.2, -0.15) is 0 Å². The van der Waals surface area contributed by atoms with E-state index in [1.165, 1.54) is 12.0 Å². The summed E-state index contributed by atoms with van der Waals surface area (Å²) in [6.45, 7) is 1.13. The van der Waals surface area contributed by atoms with E-state index in [0.29, 0.717) is 12.2 Å². The van der Waals surface area contributed by atoms with Crippen molar-refractivity contribution in [3.63, 3.8) is 0 Å². The zero-order valence-corrected chi connectivity index (χ0v) is 6.88. The Balaban J connectivity index is 2.06. The molecular formula is C10H12N2. The monoisotopic (exact) mass is 160 g/mol. The standard InChI is InChI=1S/C10H12N2/c1-2-4-9-7(3-1)8-5-6-11-10(8)12-9/h1-4,9-12H,5-6H2. The van der Waals surface area contributed by atoms with Crippen LogP contribution in [0.1, 0.15) is 6.42 Å². The summed E-state index contributed by atoms with van der Waals surface area (Å²) in [7, 11) is 0. The highest BCUT2D eigenvalue weighted by Gasteiger charge is 2.33. The minimum atomic E-state index is 0.456. The molecule has 0 bridgehead atoms. The maximum Gasteiger partial charge on any atom is 0.0808 e. The van der Waals surface area contributed by atoms with Crippen molar-refractivity contribution in [3.05, 3.63) is 35.5 Å². The third kappa shape index (κ3) is 0.765. The fraction of sp³-hybridized carbons (Fsp3) is 0.400. The molecule has 3 rings (SSSR count). The van der Waals surface area contributed by atoms with Crippen LogP contribution in [0.2, 0.25) is 0 Å². The number of nitrogens with one attached hydrogen (secondary N) is 2. The van der Waals surface area contributed by atoms with Crippen molar-refractivity contribution >= 4 is 0 Å². The van der Waals surface area contributed by atoms with E-state index in [4.69, 9.17) is 0 Å². The molecule has 0 aromatic carbocycles. The number of hydrogen-bond donors (Lipinski definition) is 2. The fourth-order valence-corrected chi connectivity index (χ4v) is 2.26. The van der Waals surface area contributed by atoms with Crippen molar-refractivity contribution in [2.24, 2.45) is 0 Å². The zero-order chi connectivity index (χ0) is 7.97. The van der Waals surface area contributed by atoms with Crippen LogP contribution in [0.15, 0.2) is 35.5 Å². The van der Waals surface area contributed by atoms with Gasteiger partial charge in [-0.3, -0.25) is 10.6 Å². The molecule has 0 aromatic rings. The van der Waals surface area contributed by atoms with Crippen molar-refractivity contribution in [3.8, 4) is 0 Å². The summed E-state index contributed by atoms with van der Waals surface area (Å²) in [6.07, 6.45) is 10.4. The highest BCUT2D eigenvalue weighted by molar-refractivity contribution is 5.46. The lowest BCUT2D eigenvalue weighted by molar-refractivity contribution is 0.551. The molecule has 1 aliphatic carbocycles. The van der Waals surface area contributed by atoms with Crippen LogP contribution in [0.5, 0.6) is 0 Å². The average molecular weight is 160 g/mol. The minimum absolute atomic E-state index is 0.456. The summed E-state index contributed by atoms with van der Waals surface area (Å²) in [4.78, 5) is 0. The van der Waals surface area contributed by atoms with Gasteiger partial charge in [0.15, 0.2) is 0 Å². The molecular weight excluding hydrogens is 148 g/mol. The Morgan fingerprint density at radius 2 is 2.33 bits per heavy atom. The van der Waals surface area contributed by atoms with E-state index in [1.54, 1.807) is 5.57 Å². The molecule has 0 amide bonds. The van der Waals surface area contributed by atoms with Gasteiger partial charge in [0.1, 0.15) is 0 Å². The lowest BCUT2D eigenvalue weighted by Gasteiger charge is -2.13. The molecule has 2 nitrogen and oxygen atoms in total. The first-order valence-electron chi connectivity index (χ1n) is 4.52. The summed E-state index contributed by atoms with van der Waals surface area (Å²) in [5, 5.41) is 6.97. The SMILES string of the molecule is C1=CC2=C3CCNC3NC2C=C1. The molecule has 0 radical (unpaired) electrons. The maximum atomic E-state index is 3.53. The summed E-state index contributed by atoms with van der Waals surface area (Å²) >= 11 is 0. The molecule has 3 aliphatic rings. The molecule has 1 fully saturated rings. The summed E-state index contributed by atoms with van der Waals surface area (Å²) in [6, 6.07) is 0.475. The van der Waals surface area contributed by atoms with Crippen LogP contribution in [0.25, 0.3) is 0 Å². The van der Waals surface area contributed by atoms with E-state index < -0.39 is 0 Å². The van der Waals surface area contributed by atoms with E-state index in [9.17, 15) is 0 Å². The van der Waals surface area contributed by atoms with E-state index in [0.717, 1.165) is 6.54 Å². The topological polar surface area (TPSA) is 24.1 Å². The van der Waals surface area contributed by atoms with Gasteiger partial charge in [0.25, 0.3) is 0 Å². The van der Waals surface area contributed by atoms with Crippen LogP contribution in [-0.2, 0) is 0 Å². The van der Waals surface area contributed by atoms with Gasteiger partial charge in [0.2, 0.25) is 0 Å². The molecule has 12 heavy (non-hydrogen) atoms. The second-order valence-corrected chi connectivity index (χ2v) is 3.51. The van der Waals surface area contributed by atoms with Crippen LogP contribution in [0.3, 0.4) is 0 Å². The third-order valence-electron chi connectivity index (χ3n) is 2.83. The Hall–Kier alpha value is -0.860. The van der Waals surface area contributed by atoms with Gasteiger partial charge in [0.05, 0.1) is 12.2 Å². The lowest BCUT2D eigenvalue weighted by atomic mass is 10.00. The number of allylic oxidation sites excluding steroid dienone is 2. The summed E-state index contributed by atoms with van der Waals surface area (Å²) < 4.78 is 0. The normalized spacial score (nSPS) is 37.3. The third-order valence-corrected chi connectivity index (χ3v) is 2.83. The Morgan fingerprint density at radius 1 is 1.33 bits per heavy atom. The molecule has 0 saturated carbocycles. The van der Waals surface area contributed by atoms with Crippen molar-refractivity contribution in [1.29, 1.82) is 0 Å². The minimum Gasteiger partial charge on any atom is -0.298 e. The highest BCUT2D eigenvalue weighted by Crippen LogP contribution is 2.29. The molecule has 2 atom stereocenters. The smallest absolute Gasteiger partial charge is 0.0808 e. The second kappa shape index (κ2) is 2.31. The van der Waals surface area contributed by atoms with Crippen molar-refractivity contribution in [1.82, 2.24) is 10.6 Å². The number of hydrogen-bond acceptors (Lipinski definition) is 2. The lowest BCUT2D eigenvalue weighted by Crippen LogP contribution is -2.39. The van der Waals surface area contributed by atoms with Crippen LogP contribution in [0, 0.1) is 0 Å². The fourth-order valence-electron chi connectivity index (χ4n) is 2.26. The Bertz CT molecular complexity index is 299. The van der Waals surface area contributed by atoms with E-state index >= 15 is 0 Å². The van der Waals surface area contributed by atoms with E-state index in [2.05, 4.69) is 34.9 Å². The van der Waals surface area contributed by atoms with Crippen molar-refractivity contribution < 1.29 is 0 Å². The number of fused-ring (bicyclic) bond motifs is 2. The van der Waals surface area contributed by atoms with E-state index in [-0.39, 0.29) is 0 Å². The molecule has 2 N–H and O–H groups in total. The molecule has 2 heteroatoms. The first-order valence-corrected chi connectivity index (χ1v) is 4.52. The van der Waals surface area contributed by atoms with Crippen LogP contribution in [-0.4, -0.2) is 18.8 Å².